The number of nitrogens with one attached hydrogen (secondary N) is 1. The van der Waals surface area contributed by atoms with E-state index in [4.69, 9.17) is 5.73 Å². The van der Waals surface area contributed by atoms with Crippen molar-refractivity contribution in [2.24, 2.45) is 11.7 Å². The Balaban J connectivity index is 1.65. The van der Waals surface area contributed by atoms with E-state index in [0.29, 0.717) is 18.4 Å². The number of nitrogens with zero attached hydrogens (tertiary/aromatic N) is 1. The van der Waals surface area contributed by atoms with Crippen molar-refractivity contribution in [3.05, 3.63) is 24.3 Å². The number of rotatable bonds is 4. The minimum Gasteiger partial charge on any atom is -0.382 e. The van der Waals surface area contributed by atoms with E-state index >= 15 is 0 Å². The first-order chi connectivity index (χ1) is 10.3. The SMILES string of the molecule is NCC1CCCCC1Nc1ccc(N2CCCC2=O)cc1. The normalized spacial score (nSPS) is 26.1. The fourth-order valence-electron chi connectivity index (χ4n) is 3.55. The Morgan fingerprint density at radius 2 is 1.90 bits per heavy atom. The number of nitrogens with two attached hydrogens (primary N) is 1. The molecule has 1 saturated heterocycles. The minimum absolute atomic E-state index is 0.242. The van der Waals surface area contributed by atoms with Gasteiger partial charge in [0.25, 0.3) is 0 Å². The summed E-state index contributed by atoms with van der Waals surface area (Å²) in [5.74, 6) is 0.824. The van der Waals surface area contributed by atoms with Gasteiger partial charge in [0.1, 0.15) is 0 Å². The molecule has 21 heavy (non-hydrogen) atoms. The summed E-state index contributed by atoms with van der Waals surface area (Å²) in [6, 6.07) is 8.76. The number of hydrogen-bond donors (Lipinski definition) is 2. The van der Waals surface area contributed by atoms with Crippen molar-refractivity contribution in [2.45, 2.75) is 44.6 Å². The van der Waals surface area contributed by atoms with Gasteiger partial charge < -0.3 is 16.0 Å². The zero-order chi connectivity index (χ0) is 14.7. The van der Waals surface area contributed by atoms with E-state index in [-0.39, 0.29) is 5.91 Å². The van der Waals surface area contributed by atoms with Crippen LogP contribution < -0.4 is 16.0 Å². The second kappa shape index (κ2) is 6.48. The van der Waals surface area contributed by atoms with Gasteiger partial charge in [0, 0.05) is 30.4 Å². The van der Waals surface area contributed by atoms with Gasteiger partial charge in [0.15, 0.2) is 0 Å². The Labute approximate surface area is 126 Å². The van der Waals surface area contributed by atoms with E-state index in [1.807, 2.05) is 17.0 Å². The average Bonchev–Trinajstić information content (AvgIpc) is 2.95. The van der Waals surface area contributed by atoms with Gasteiger partial charge in [-0.2, -0.15) is 0 Å². The number of hydrogen-bond acceptors (Lipinski definition) is 3. The summed E-state index contributed by atoms with van der Waals surface area (Å²) < 4.78 is 0. The third-order valence-corrected chi connectivity index (χ3v) is 4.82. The first-order valence-corrected chi connectivity index (χ1v) is 8.15. The Morgan fingerprint density at radius 3 is 2.57 bits per heavy atom. The number of carbonyl (C=O) groups excluding carboxylic acids is 1. The molecule has 1 heterocycles. The first kappa shape index (κ1) is 14.4. The van der Waals surface area contributed by atoms with Crippen molar-refractivity contribution >= 4 is 17.3 Å². The summed E-state index contributed by atoms with van der Waals surface area (Å²) in [6.45, 7) is 1.61. The fraction of sp³-hybridized carbons (Fsp3) is 0.588. The van der Waals surface area contributed by atoms with Gasteiger partial charge >= 0.3 is 0 Å². The lowest BCUT2D eigenvalue weighted by Gasteiger charge is -2.32. The Hall–Kier alpha value is -1.55. The number of amides is 1. The quantitative estimate of drug-likeness (QED) is 0.895. The lowest BCUT2D eigenvalue weighted by atomic mass is 9.84. The molecule has 2 atom stereocenters. The molecule has 1 aromatic rings. The summed E-state index contributed by atoms with van der Waals surface area (Å²) in [5.41, 5.74) is 8.04. The maximum atomic E-state index is 11.8. The average molecular weight is 287 g/mol. The van der Waals surface area contributed by atoms with Crippen LogP contribution in [0.3, 0.4) is 0 Å². The van der Waals surface area contributed by atoms with Crippen molar-refractivity contribution in [1.82, 2.24) is 0 Å². The molecular weight excluding hydrogens is 262 g/mol. The predicted molar refractivity (Wildman–Crippen MR) is 86.5 cm³/mol. The van der Waals surface area contributed by atoms with Crippen LogP contribution in [-0.2, 0) is 4.79 Å². The third kappa shape index (κ3) is 3.21. The summed E-state index contributed by atoms with van der Waals surface area (Å²) >= 11 is 0. The van der Waals surface area contributed by atoms with E-state index in [2.05, 4.69) is 17.4 Å². The molecule has 3 N–H and O–H groups in total. The summed E-state index contributed by atoms with van der Waals surface area (Å²) in [7, 11) is 0. The zero-order valence-corrected chi connectivity index (χ0v) is 12.6. The molecule has 1 aliphatic carbocycles. The maximum Gasteiger partial charge on any atom is 0.227 e. The third-order valence-electron chi connectivity index (χ3n) is 4.82. The molecule has 114 valence electrons. The standard InChI is InChI=1S/C17H25N3O/c18-12-13-4-1-2-5-16(13)19-14-7-9-15(10-8-14)20-11-3-6-17(20)21/h7-10,13,16,19H,1-6,11-12,18H2. The van der Waals surface area contributed by atoms with Crippen LogP contribution in [0.5, 0.6) is 0 Å². The first-order valence-electron chi connectivity index (χ1n) is 8.15. The molecule has 2 aliphatic rings. The van der Waals surface area contributed by atoms with E-state index in [0.717, 1.165) is 30.9 Å². The highest BCUT2D eigenvalue weighted by Gasteiger charge is 2.24. The van der Waals surface area contributed by atoms with Crippen LogP contribution in [0.4, 0.5) is 11.4 Å². The van der Waals surface area contributed by atoms with Crippen LogP contribution in [0.2, 0.25) is 0 Å². The smallest absolute Gasteiger partial charge is 0.227 e. The largest absolute Gasteiger partial charge is 0.382 e. The number of carbonyl (C=O) groups is 1. The lowest BCUT2D eigenvalue weighted by Crippen LogP contribution is -2.36. The molecule has 0 aromatic heterocycles. The van der Waals surface area contributed by atoms with Gasteiger partial charge in [-0.15, -0.1) is 0 Å². The molecule has 1 aromatic carbocycles. The van der Waals surface area contributed by atoms with Crippen molar-refractivity contribution in [3.8, 4) is 0 Å². The highest BCUT2D eigenvalue weighted by molar-refractivity contribution is 5.95. The van der Waals surface area contributed by atoms with Crippen LogP contribution >= 0.6 is 0 Å². The molecular formula is C17H25N3O. The molecule has 1 amide bonds. The molecule has 2 unspecified atom stereocenters. The number of benzene rings is 1. The lowest BCUT2D eigenvalue weighted by molar-refractivity contribution is -0.117. The Kier molecular flexibility index (Phi) is 4.44. The molecule has 0 radical (unpaired) electrons. The maximum absolute atomic E-state index is 11.8. The second-order valence-corrected chi connectivity index (χ2v) is 6.23. The van der Waals surface area contributed by atoms with Crippen molar-refractivity contribution in [2.75, 3.05) is 23.3 Å². The molecule has 2 fully saturated rings. The van der Waals surface area contributed by atoms with Gasteiger partial charge in [-0.1, -0.05) is 12.8 Å². The molecule has 4 nitrogen and oxygen atoms in total. The number of anilines is 2. The summed E-state index contributed by atoms with van der Waals surface area (Å²) in [6.07, 6.45) is 6.67. The zero-order valence-electron chi connectivity index (χ0n) is 12.6. The summed E-state index contributed by atoms with van der Waals surface area (Å²) in [4.78, 5) is 13.6. The monoisotopic (exact) mass is 287 g/mol. The van der Waals surface area contributed by atoms with Crippen molar-refractivity contribution in [3.63, 3.8) is 0 Å². The molecule has 1 aliphatic heterocycles. The van der Waals surface area contributed by atoms with Gasteiger partial charge in [0.2, 0.25) is 5.91 Å². The van der Waals surface area contributed by atoms with Crippen molar-refractivity contribution < 1.29 is 4.79 Å². The molecule has 0 spiro atoms. The van der Waals surface area contributed by atoms with E-state index in [9.17, 15) is 4.79 Å². The van der Waals surface area contributed by atoms with Gasteiger partial charge in [-0.05, 0) is 56.0 Å². The van der Waals surface area contributed by atoms with E-state index in [1.54, 1.807) is 0 Å². The van der Waals surface area contributed by atoms with Crippen LogP contribution in [0, 0.1) is 5.92 Å². The highest BCUT2D eigenvalue weighted by atomic mass is 16.2. The van der Waals surface area contributed by atoms with E-state index < -0.39 is 0 Å². The Morgan fingerprint density at radius 1 is 1.14 bits per heavy atom. The van der Waals surface area contributed by atoms with Crippen LogP contribution in [0.15, 0.2) is 24.3 Å². The van der Waals surface area contributed by atoms with Crippen LogP contribution in [-0.4, -0.2) is 25.0 Å². The Bertz CT molecular complexity index is 485. The van der Waals surface area contributed by atoms with E-state index in [1.165, 1.54) is 25.7 Å². The fourth-order valence-corrected chi connectivity index (χ4v) is 3.55. The molecule has 4 heteroatoms. The van der Waals surface area contributed by atoms with Crippen LogP contribution in [0.1, 0.15) is 38.5 Å². The summed E-state index contributed by atoms with van der Waals surface area (Å²) in [5, 5.41) is 3.63. The topological polar surface area (TPSA) is 58.4 Å². The van der Waals surface area contributed by atoms with Gasteiger partial charge in [-0.25, -0.2) is 0 Å². The van der Waals surface area contributed by atoms with Gasteiger partial charge in [0.05, 0.1) is 0 Å². The van der Waals surface area contributed by atoms with Gasteiger partial charge in [-0.3, -0.25) is 4.79 Å². The second-order valence-electron chi connectivity index (χ2n) is 6.23. The molecule has 3 rings (SSSR count). The highest BCUT2D eigenvalue weighted by Crippen LogP contribution is 2.28. The molecule has 0 bridgehead atoms. The molecule has 1 saturated carbocycles. The minimum atomic E-state index is 0.242. The predicted octanol–water partition coefficient (Wildman–Crippen LogP) is 2.74. The van der Waals surface area contributed by atoms with Crippen molar-refractivity contribution in [1.29, 1.82) is 0 Å². The van der Waals surface area contributed by atoms with Crippen LogP contribution in [0.25, 0.3) is 0 Å².